The monoisotopic (exact) mass is 463 g/mol. The van der Waals surface area contributed by atoms with Crippen LogP contribution in [0.5, 0.6) is 0 Å². The lowest BCUT2D eigenvalue weighted by Crippen LogP contribution is -2.36. The summed E-state index contributed by atoms with van der Waals surface area (Å²) in [5.41, 5.74) is 5.11. The van der Waals surface area contributed by atoms with E-state index in [4.69, 9.17) is 16.0 Å². The number of aromatic nitrogens is 3. The van der Waals surface area contributed by atoms with Gasteiger partial charge < -0.3 is 14.6 Å². The molecule has 4 aromatic rings. The average molecular weight is 464 g/mol. The molecule has 9 heteroatoms. The van der Waals surface area contributed by atoms with Crippen LogP contribution in [0.2, 0.25) is 5.02 Å². The minimum Gasteiger partial charge on any atom is -0.408 e. The smallest absolute Gasteiger partial charge is 0.408 e. The number of aryl methyl sites for hydroxylation is 1. The predicted octanol–water partition coefficient (Wildman–Crippen LogP) is 3.69. The third-order valence-electron chi connectivity index (χ3n) is 5.74. The molecule has 0 fully saturated rings. The molecular weight excluding hydrogens is 442 g/mol. The molecule has 3 heterocycles. The molecule has 1 aliphatic rings. The van der Waals surface area contributed by atoms with E-state index in [0.29, 0.717) is 61.0 Å². The highest BCUT2D eigenvalue weighted by Crippen LogP contribution is 2.20. The van der Waals surface area contributed by atoms with Crippen LogP contribution in [-0.2, 0) is 30.7 Å². The molecule has 0 radical (unpaired) electrons. The fourth-order valence-electron chi connectivity index (χ4n) is 4.00. The van der Waals surface area contributed by atoms with Crippen molar-refractivity contribution in [3.05, 3.63) is 86.6 Å². The lowest BCUT2D eigenvalue weighted by atomic mass is 10.1. The van der Waals surface area contributed by atoms with Gasteiger partial charge in [0, 0.05) is 49.3 Å². The molecule has 0 saturated heterocycles. The van der Waals surface area contributed by atoms with Gasteiger partial charge in [0.1, 0.15) is 0 Å². The normalized spacial score (nSPS) is 13.2. The second-order valence-electron chi connectivity index (χ2n) is 8.06. The number of fused-ring (bicyclic) bond motifs is 2. The molecule has 2 N–H and O–H groups in total. The molecule has 2 aromatic carbocycles. The summed E-state index contributed by atoms with van der Waals surface area (Å²) < 4.78 is 5.10. The third kappa shape index (κ3) is 4.90. The summed E-state index contributed by atoms with van der Waals surface area (Å²) in [5, 5.41) is 3.93. The first-order valence-electron chi connectivity index (χ1n) is 10.8. The summed E-state index contributed by atoms with van der Waals surface area (Å²) in [4.78, 5) is 37.6. The number of anilines is 1. The number of rotatable bonds is 6. The van der Waals surface area contributed by atoms with E-state index in [9.17, 15) is 9.59 Å². The number of nitrogens with zero attached hydrogens (tertiary/aromatic N) is 3. The van der Waals surface area contributed by atoms with E-state index in [0.717, 1.165) is 22.4 Å². The van der Waals surface area contributed by atoms with Gasteiger partial charge in [-0.05, 0) is 41.8 Å². The molecule has 5 rings (SSSR count). The van der Waals surface area contributed by atoms with Gasteiger partial charge in [0.25, 0.3) is 0 Å². The van der Waals surface area contributed by atoms with E-state index in [1.165, 1.54) is 0 Å². The highest BCUT2D eigenvalue weighted by atomic mass is 35.5. The van der Waals surface area contributed by atoms with E-state index in [2.05, 4.69) is 20.3 Å². The van der Waals surface area contributed by atoms with Crippen molar-refractivity contribution < 1.29 is 9.21 Å². The highest BCUT2D eigenvalue weighted by Gasteiger charge is 2.22. The highest BCUT2D eigenvalue weighted by molar-refractivity contribution is 6.30. The summed E-state index contributed by atoms with van der Waals surface area (Å²) in [6, 6.07) is 13.2. The van der Waals surface area contributed by atoms with Crippen LogP contribution in [0.1, 0.15) is 28.8 Å². The maximum absolute atomic E-state index is 12.8. The Kier molecular flexibility index (Phi) is 5.83. The molecule has 1 aliphatic heterocycles. The van der Waals surface area contributed by atoms with Gasteiger partial charge in [-0.1, -0.05) is 29.8 Å². The second kappa shape index (κ2) is 9.07. The standard InChI is InChI=1S/C24H22ClN5O3/c25-18-3-1-2-16(10-18)12-26-23-27-13-17-14-30(9-8-19(17)28-23)22(31)7-5-15-4-6-20-21(11-15)33-24(32)29-20/h1-4,6,10-11,13H,5,7-9,12,14H2,(H,29,32)(H,26,27,28). The van der Waals surface area contributed by atoms with Gasteiger partial charge in [0.2, 0.25) is 11.9 Å². The molecule has 0 saturated carbocycles. The van der Waals surface area contributed by atoms with Gasteiger partial charge in [-0.25, -0.2) is 14.8 Å². The number of halogens is 1. The summed E-state index contributed by atoms with van der Waals surface area (Å²) in [6.45, 7) is 1.72. The molecular formula is C24H22ClN5O3. The Labute approximate surface area is 194 Å². The summed E-state index contributed by atoms with van der Waals surface area (Å²) in [7, 11) is 0. The summed E-state index contributed by atoms with van der Waals surface area (Å²) >= 11 is 6.03. The van der Waals surface area contributed by atoms with Crippen LogP contribution in [0.25, 0.3) is 11.1 Å². The van der Waals surface area contributed by atoms with Crippen molar-refractivity contribution in [1.29, 1.82) is 0 Å². The van der Waals surface area contributed by atoms with Crippen molar-refractivity contribution in [3.8, 4) is 0 Å². The Balaban J connectivity index is 1.17. The van der Waals surface area contributed by atoms with E-state index in [-0.39, 0.29) is 5.91 Å². The zero-order valence-electron chi connectivity index (χ0n) is 17.8. The fraction of sp³-hybridized carbons (Fsp3) is 0.250. The maximum atomic E-state index is 12.8. The quantitative estimate of drug-likeness (QED) is 0.452. The number of benzene rings is 2. The first kappa shape index (κ1) is 21.2. The van der Waals surface area contributed by atoms with Crippen LogP contribution in [0, 0.1) is 0 Å². The number of hydrogen-bond acceptors (Lipinski definition) is 6. The van der Waals surface area contributed by atoms with E-state index >= 15 is 0 Å². The molecule has 168 valence electrons. The molecule has 0 unspecified atom stereocenters. The molecule has 2 aromatic heterocycles. The Hall–Kier alpha value is -3.65. The second-order valence-corrected chi connectivity index (χ2v) is 8.50. The minimum absolute atomic E-state index is 0.0828. The van der Waals surface area contributed by atoms with Gasteiger partial charge in [0.05, 0.1) is 11.2 Å². The van der Waals surface area contributed by atoms with Gasteiger partial charge >= 0.3 is 5.76 Å². The van der Waals surface area contributed by atoms with Gasteiger partial charge in [-0.2, -0.15) is 0 Å². The Morgan fingerprint density at radius 1 is 1.21 bits per heavy atom. The number of nitrogens with one attached hydrogen (secondary N) is 2. The number of carbonyl (C=O) groups is 1. The van der Waals surface area contributed by atoms with Crippen molar-refractivity contribution in [2.75, 3.05) is 11.9 Å². The van der Waals surface area contributed by atoms with Crippen LogP contribution < -0.4 is 11.1 Å². The minimum atomic E-state index is -0.477. The average Bonchev–Trinajstić information content (AvgIpc) is 3.20. The molecule has 0 atom stereocenters. The first-order valence-corrected chi connectivity index (χ1v) is 11.1. The SMILES string of the molecule is O=C(CCc1ccc2[nH]c(=O)oc2c1)N1CCc2nc(NCc3cccc(Cl)c3)ncc2C1. The Morgan fingerprint density at radius 2 is 2.12 bits per heavy atom. The number of oxazole rings is 1. The van der Waals surface area contributed by atoms with Crippen molar-refractivity contribution in [1.82, 2.24) is 19.9 Å². The van der Waals surface area contributed by atoms with Crippen LogP contribution in [-0.4, -0.2) is 32.3 Å². The van der Waals surface area contributed by atoms with E-state index in [1.807, 2.05) is 35.2 Å². The van der Waals surface area contributed by atoms with E-state index in [1.54, 1.807) is 18.3 Å². The number of hydrogen-bond donors (Lipinski definition) is 2. The Morgan fingerprint density at radius 3 is 3.00 bits per heavy atom. The van der Waals surface area contributed by atoms with Gasteiger partial charge in [-0.15, -0.1) is 0 Å². The van der Waals surface area contributed by atoms with Crippen LogP contribution in [0.4, 0.5) is 5.95 Å². The topological polar surface area (TPSA) is 104 Å². The van der Waals surface area contributed by atoms with Crippen LogP contribution in [0.3, 0.4) is 0 Å². The van der Waals surface area contributed by atoms with Crippen LogP contribution in [0.15, 0.2) is 57.9 Å². The molecule has 1 amide bonds. The Bertz CT molecular complexity index is 1380. The van der Waals surface area contributed by atoms with E-state index < -0.39 is 5.76 Å². The largest absolute Gasteiger partial charge is 0.417 e. The number of carbonyl (C=O) groups excluding carboxylic acids is 1. The van der Waals surface area contributed by atoms with Gasteiger partial charge in [0.15, 0.2) is 5.58 Å². The van der Waals surface area contributed by atoms with Gasteiger partial charge in [-0.3, -0.25) is 9.78 Å². The summed E-state index contributed by atoms with van der Waals surface area (Å²) in [6.07, 6.45) is 3.45. The molecule has 8 nitrogen and oxygen atoms in total. The first-order chi connectivity index (χ1) is 16.0. The summed E-state index contributed by atoms with van der Waals surface area (Å²) in [5.74, 6) is 0.176. The number of H-pyrrole nitrogens is 1. The molecule has 33 heavy (non-hydrogen) atoms. The van der Waals surface area contributed by atoms with Crippen molar-refractivity contribution in [3.63, 3.8) is 0 Å². The zero-order chi connectivity index (χ0) is 22.8. The van der Waals surface area contributed by atoms with Crippen molar-refractivity contribution in [2.24, 2.45) is 0 Å². The molecule has 0 spiro atoms. The third-order valence-corrected chi connectivity index (χ3v) is 5.97. The number of aromatic amines is 1. The molecule has 0 aliphatic carbocycles. The maximum Gasteiger partial charge on any atom is 0.417 e. The molecule has 0 bridgehead atoms. The zero-order valence-corrected chi connectivity index (χ0v) is 18.6. The lowest BCUT2D eigenvalue weighted by molar-refractivity contribution is -0.132. The van der Waals surface area contributed by atoms with Crippen LogP contribution >= 0.6 is 11.6 Å². The lowest BCUT2D eigenvalue weighted by Gasteiger charge is -2.28. The van der Waals surface area contributed by atoms with Crippen molar-refractivity contribution in [2.45, 2.75) is 32.4 Å². The van der Waals surface area contributed by atoms with Crippen molar-refractivity contribution >= 4 is 34.6 Å². The number of amides is 1. The predicted molar refractivity (Wildman–Crippen MR) is 125 cm³/mol. The fourth-order valence-corrected chi connectivity index (χ4v) is 4.21.